The Morgan fingerprint density at radius 3 is 2.36 bits per heavy atom. The fraction of sp³-hybridized carbons (Fsp3) is 0.214. The lowest BCUT2D eigenvalue weighted by Gasteiger charge is -2.30. The summed E-state index contributed by atoms with van der Waals surface area (Å²) in [5.41, 5.74) is 4.13. The van der Waals surface area contributed by atoms with Crippen LogP contribution in [0.25, 0.3) is 11.3 Å². The van der Waals surface area contributed by atoms with E-state index in [4.69, 9.17) is 21.4 Å². The maximum absolute atomic E-state index is 6.46. The average Bonchev–Trinajstić information content (AvgIpc) is 3.55. The second kappa shape index (κ2) is 10.0. The zero-order valence-corrected chi connectivity index (χ0v) is 21.9. The fourth-order valence-electron chi connectivity index (χ4n) is 4.85. The van der Waals surface area contributed by atoms with Crippen molar-refractivity contribution < 1.29 is 9.15 Å². The molecule has 0 bridgehead atoms. The van der Waals surface area contributed by atoms with Gasteiger partial charge in [-0.1, -0.05) is 34.1 Å². The van der Waals surface area contributed by atoms with Crippen molar-refractivity contribution in [3.63, 3.8) is 0 Å². The van der Waals surface area contributed by atoms with Gasteiger partial charge in [0.25, 0.3) is 0 Å². The number of nitrogens with zero attached hydrogens (tertiary/aromatic N) is 3. The molecule has 2 aromatic heterocycles. The second-order valence-electron chi connectivity index (χ2n) is 8.82. The van der Waals surface area contributed by atoms with E-state index in [1.807, 2.05) is 60.8 Å². The molecule has 4 heterocycles. The lowest BCUT2D eigenvalue weighted by molar-refractivity contribution is 0.122. The smallest absolute Gasteiger partial charge is 0.174 e. The predicted octanol–water partition coefficient (Wildman–Crippen LogP) is 6.12. The summed E-state index contributed by atoms with van der Waals surface area (Å²) in [4.78, 5) is 9.12. The van der Waals surface area contributed by atoms with E-state index in [2.05, 4.69) is 60.3 Å². The number of morpholine rings is 1. The molecule has 2 atom stereocenters. The van der Waals surface area contributed by atoms with Crippen molar-refractivity contribution in [2.75, 3.05) is 36.1 Å². The molecule has 2 fully saturated rings. The highest BCUT2D eigenvalue weighted by atomic mass is 79.9. The highest BCUT2D eigenvalue weighted by molar-refractivity contribution is 9.10. The van der Waals surface area contributed by atoms with Gasteiger partial charge in [0.15, 0.2) is 5.11 Å². The van der Waals surface area contributed by atoms with Gasteiger partial charge >= 0.3 is 0 Å². The summed E-state index contributed by atoms with van der Waals surface area (Å²) in [6.45, 7) is 3.32. The molecule has 0 amide bonds. The van der Waals surface area contributed by atoms with Crippen LogP contribution in [0.4, 0.5) is 11.4 Å². The van der Waals surface area contributed by atoms with E-state index in [0.29, 0.717) is 5.11 Å². The minimum Gasteiger partial charge on any atom is -0.459 e. The number of hydrogen-bond acceptors (Lipinski definition) is 5. The van der Waals surface area contributed by atoms with E-state index in [1.54, 1.807) is 0 Å². The molecule has 2 aromatic carbocycles. The van der Waals surface area contributed by atoms with Crippen molar-refractivity contribution in [2.24, 2.45) is 0 Å². The summed E-state index contributed by atoms with van der Waals surface area (Å²) in [6.07, 6.45) is 1.81. The summed E-state index contributed by atoms with van der Waals surface area (Å²) < 4.78 is 13.0. The van der Waals surface area contributed by atoms with Gasteiger partial charge in [0.2, 0.25) is 0 Å². The van der Waals surface area contributed by atoms with Crippen LogP contribution in [0.15, 0.2) is 93.9 Å². The molecule has 36 heavy (non-hydrogen) atoms. The first-order valence-electron chi connectivity index (χ1n) is 12.0. The number of pyridine rings is 1. The molecule has 0 saturated carbocycles. The summed E-state index contributed by atoms with van der Waals surface area (Å²) in [6, 6.07) is 26.4. The van der Waals surface area contributed by atoms with Crippen molar-refractivity contribution in [1.29, 1.82) is 0 Å². The van der Waals surface area contributed by atoms with Crippen molar-refractivity contribution in [2.45, 2.75) is 12.1 Å². The van der Waals surface area contributed by atoms with Crippen LogP contribution in [-0.4, -0.2) is 36.4 Å². The van der Waals surface area contributed by atoms with Crippen LogP contribution in [0.1, 0.15) is 23.5 Å². The zero-order valence-electron chi connectivity index (χ0n) is 19.5. The van der Waals surface area contributed by atoms with Crippen LogP contribution in [-0.2, 0) is 4.74 Å². The molecule has 1 N–H and O–H groups in total. The molecule has 0 spiro atoms. The van der Waals surface area contributed by atoms with E-state index < -0.39 is 0 Å². The molecular formula is C28H25BrN4O2S. The van der Waals surface area contributed by atoms with Crippen LogP contribution in [0.2, 0.25) is 0 Å². The Morgan fingerprint density at radius 2 is 1.64 bits per heavy atom. The van der Waals surface area contributed by atoms with Gasteiger partial charge in [-0.25, -0.2) is 0 Å². The molecule has 0 radical (unpaired) electrons. The summed E-state index contributed by atoms with van der Waals surface area (Å²) >= 11 is 9.37. The highest BCUT2D eigenvalue weighted by Crippen LogP contribution is 2.43. The van der Waals surface area contributed by atoms with Gasteiger partial charge in [-0.2, -0.15) is 0 Å². The first-order chi connectivity index (χ1) is 17.7. The molecule has 0 aliphatic carbocycles. The van der Waals surface area contributed by atoms with Crippen LogP contribution in [0.5, 0.6) is 0 Å². The summed E-state index contributed by atoms with van der Waals surface area (Å²) in [5.74, 6) is 1.64. The second-order valence-corrected chi connectivity index (χ2v) is 10.1. The molecular weight excluding hydrogens is 536 g/mol. The molecule has 2 aliphatic rings. The standard InChI is InChI=1S/C28H25BrN4O2S/c29-20-6-4-19(5-7-20)24-12-13-25(35-24)27-26(23-3-1-2-14-30-23)31-28(36)33(27)22-10-8-21(9-11-22)32-15-17-34-18-16-32/h1-14,26-27H,15-18H2,(H,31,36)/t26-,27-/m0/s1. The number of nitrogens with one attached hydrogen (secondary N) is 1. The van der Waals surface area contributed by atoms with E-state index >= 15 is 0 Å². The molecule has 4 aromatic rings. The lowest BCUT2D eigenvalue weighted by atomic mass is 10.0. The third kappa shape index (κ3) is 4.52. The number of hydrogen-bond donors (Lipinski definition) is 1. The Kier molecular flexibility index (Phi) is 6.48. The van der Waals surface area contributed by atoms with Gasteiger partial charge in [-0.05, 0) is 72.9 Å². The van der Waals surface area contributed by atoms with Crippen LogP contribution >= 0.6 is 28.1 Å². The van der Waals surface area contributed by atoms with E-state index in [-0.39, 0.29) is 12.1 Å². The lowest BCUT2D eigenvalue weighted by Crippen LogP contribution is -2.36. The maximum atomic E-state index is 6.46. The number of aromatic nitrogens is 1. The molecule has 2 aliphatic heterocycles. The Morgan fingerprint density at radius 1 is 0.889 bits per heavy atom. The van der Waals surface area contributed by atoms with Gasteiger partial charge in [-0.15, -0.1) is 0 Å². The number of anilines is 2. The topological polar surface area (TPSA) is 53.8 Å². The minimum absolute atomic E-state index is 0.151. The van der Waals surface area contributed by atoms with E-state index in [1.165, 1.54) is 5.69 Å². The normalized spacial score (nSPS) is 20.0. The van der Waals surface area contributed by atoms with Gasteiger partial charge in [0.05, 0.1) is 24.9 Å². The van der Waals surface area contributed by atoms with Crippen molar-refractivity contribution in [3.05, 3.63) is 101 Å². The number of furan rings is 1. The monoisotopic (exact) mass is 560 g/mol. The molecule has 6 rings (SSSR count). The fourth-order valence-corrected chi connectivity index (χ4v) is 5.46. The molecule has 8 heteroatoms. The Balaban J connectivity index is 1.37. The first kappa shape index (κ1) is 23.2. The Labute approximate surface area is 224 Å². The summed E-state index contributed by atoms with van der Waals surface area (Å²) in [7, 11) is 0. The Bertz CT molecular complexity index is 1340. The van der Waals surface area contributed by atoms with Crippen LogP contribution in [0, 0.1) is 0 Å². The van der Waals surface area contributed by atoms with Gasteiger partial charge in [0, 0.05) is 40.7 Å². The first-order valence-corrected chi connectivity index (χ1v) is 13.2. The average molecular weight is 562 g/mol. The largest absolute Gasteiger partial charge is 0.459 e. The number of benzene rings is 2. The van der Waals surface area contributed by atoms with Crippen LogP contribution < -0.4 is 15.1 Å². The number of thiocarbonyl (C=S) groups is 1. The minimum atomic E-state index is -0.189. The SMILES string of the molecule is S=C1N[C@@H](c2ccccn2)[C@H](c2ccc(-c3ccc(Br)cc3)o2)N1c1ccc(N2CCOCC2)cc1. The third-order valence-electron chi connectivity index (χ3n) is 6.65. The highest BCUT2D eigenvalue weighted by Gasteiger charge is 2.42. The molecule has 182 valence electrons. The number of halogens is 1. The van der Waals surface area contributed by atoms with E-state index in [0.717, 1.165) is 59.2 Å². The zero-order chi connectivity index (χ0) is 24.5. The van der Waals surface area contributed by atoms with Gasteiger partial charge in [-0.3, -0.25) is 4.98 Å². The third-order valence-corrected chi connectivity index (χ3v) is 7.49. The molecule has 6 nitrogen and oxygen atoms in total. The van der Waals surface area contributed by atoms with Crippen molar-refractivity contribution >= 4 is 44.6 Å². The summed E-state index contributed by atoms with van der Waals surface area (Å²) in [5, 5.41) is 4.15. The van der Waals surface area contributed by atoms with Gasteiger partial charge in [0.1, 0.15) is 17.6 Å². The maximum Gasteiger partial charge on any atom is 0.174 e. The van der Waals surface area contributed by atoms with Crippen molar-refractivity contribution in [1.82, 2.24) is 10.3 Å². The molecule has 2 saturated heterocycles. The molecule has 0 unspecified atom stereocenters. The van der Waals surface area contributed by atoms with Gasteiger partial charge < -0.3 is 24.3 Å². The number of rotatable bonds is 5. The Hall–Kier alpha value is -3.20. The van der Waals surface area contributed by atoms with E-state index in [9.17, 15) is 0 Å². The number of ether oxygens (including phenoxy) is 1. The predicted molar refractivity (Wildman–Crippen MR) is 149 cm³/mol. The van der Waals surface area contributed by atoms with Crippen LogP contribution in [0.3, 0.4) is 0 Å². The van der Waals surface area contributed by atoms with Crippen molar-refractivity contribution in [3.8, 4) is 11.3 Å². The quantitative estimate of drug-likeness (QED) is 0.295.